The maximum atomic E-state index is 12.0. The molecule has 29 heavy (non-hydrogen) atoms. The molecule has 0 saturated carbocycles. The van der Waals surface area contributed by atoms with Gasteiger partial charge in [-0.05, 0) is 36.2 Å². The number of hydrogen-bond donors (Lipinski definition) is 2. The van der Waals surface area contributed by atoms with Crippen molar-refractivity contribution in [3.05, 3.63) is 53.6 Å². The first-order valence-corrected chi connectivity index (χ1v) is 10.6. The van der Waals surface area contributed by atoms with Gasteiger partial charge in [0.05, 0.1) is 25.7 Å². The first-order valence-electron chi connectivity index (χ1n) is 9.09. The third-order valence-corrected chi connectivity index (χ3v) is 5.85. The lowest BCUT2D eigenvalue weighted by molar-refractivity contribution is -0.120. The fraction of sp³-hybridized carbons (Fsp3) is 0.300. The topological polar surface area (TPSA) is 106 Å². The number of amides is 1. The van der Waals surface area contributed by atoms with E-state index in [4.69, 9.17) is 9.47 Å². The molecule has 0 aliphatic carbocycles. The minimum atomic E-state index is -3.56. The smallest absolute Gasteiger partial charge is 0.263 e. The highest BCUT2D eigenvalue weighted by Gasteiger charge is 2.29. The molecule has 0 atom stereocenters. The number of carbonyl (C=O) groups is 1. The van der Waals surface area contributed by atoms with Crippen LogP contribution >= 0.6 is 0 Å². The number of hydrogen-bond acceptors (Lipinski definition) is 6. The predicted octanol–water partition coefficient (Wildman–Crippen LogP) is 1.49. The van der Waals surface area contributed by atoms with Gasteiger partial charge in [0.25, 0.3) is 10.0 Å². The molecule has 1 aliphatic rings. The van der Waals surface area contributed by atoms with Crippen LogP contribution in [0.5, 0.6) is 11.5 Å². The molecule has 2 N–H and O–H groups in total. The summed E-state index contributed by atoms with van der Waals surface area (Å²) in [5, 5.41) is 2.84. The zero-order valence-corrected chi connectivity index (χ0v) is 17.1. The molecule has 0 radical (unpaired) electrons. The molecule has 0 spiro atoms. The van der Waals surface area contributed by atoms with Crippen molar-refractivity contribution in [1.29, 1.82) is 0 Å². The van der Waals surface area contributed by atoms with Crippen molar-refractivity contribution in [2.45, 2.75) is 17.7 Å². The van der Waals surface area contributed by atoms with Crippen LogP contribution in [0.15, 0.2) is 52.4 Å². The van der Waals surface area contributed by atoms with E-state index in [9.17, 15) is 13.2 Å². The summed E-state index contributed by atoms with van der Waals surface area (Å²) in [6.07, 6.45) is 0.813. The zero-order valence-electron chi connectivity index (χ0n) is 16.3. The van der Waals surface area contributed by atoms with Crippen LogP contribution in [-0.4, -0.2) is 47.5 Å². The van der Waals surface area contributed by atoms with E-state index < -0.39 is 10.0 Å². The Balaban J connectivity index is 1.48. The second-order valence-corrected chi connectivity index (χ2v) is 8.02. The molecule has 2 aromatic carbocycles. The lowest BCUT2D eigenvalue weighted by Crippen LogP contribution is -2.27. The maximum Gasteiger partial charge on any atom is 0.263 e. The molecule has 2 aromatic rings. The van der Waals surface area contributed by atoms with Crippen LogP contribution in [0, 0.1) is 0 Å². The van der Waals surface area contributed by atoms with Gasteiger partial charge in [-0.15, -0.1) is 0 Å². The van der Waals surface area contributed by atoms with Crippen LogP contribution in [0.4, 0.5) is 0 Å². The lowest BCUT2D eigenvalue weighted by Gasteiger charge is -2.10. The van der Waals surface area contributed by atoms with Crippen molar-refractivity contribution in [1.82, 2.24) is 10.0 Å². The zero-order chi connectivity index (χ0) is 20.9. The number of rotatable bonds is 8. The van der Waals surface area contributed by atoms with Gasteiger partial charge in [-0.2, -0.15) is 0 Å². The Hall–Kier alpha value is -3.07. The van der Waals surface area contributed by atoms with Crippen LogP contribution in [0.25, 0.3) is 0 Å². The highest BCUT2D eigenvalue weighted by Crippen LogP contribution is 2.27. The molecule has 1 aliphatic heterocycles. The number of benzene rings is 2. The highest BCUT2D eigenvalue weighted by molar-refractivity contribution is 7.90. The number of carbonyl (C=O) groups excluding carboxylic acids is 1. The second kappa shape index (κ2) is 8.95. The summed E-state index contributed by atoms with van der Waals surface area (Å²) < 4.78 is 37.0. The van der Waals surface area contributed by atoms with E-state index in [0.29, 0.717) is 30.0 Å². The normalized spacial score (nSPS) is 15.4. The number of ether oxygens (including phenoxy) is 2. The minimum Gasteiger partial charge on any atom is -0.493 e. The molecular weight excluding hydrogens is 394 g/mol. The van der Waals surface area contributed by atoms with Gasteiger partial charge < -0.3 is 14.8 Å². The first-order chi connectivity index (χ1) is 13.9. The first kappa shape index (κ1) is 20.7. The van der Waals surface area contributed by atoms with Crippen LogP contribution in [0.2, 0.25) is 0 Å². The SMILES string of the molecule is COc1ccc(CCNC(=O)CCN=C2NS(=O)(=O)c3ccccc32)cc1OC. The summed E-state index contributed by atoms with van der Waals surface area (Å²) in [5.41, 5.74) is 1.54. The number of sulfonamides is 1. The van der Waals surface area contributed by atoms with Gasteiger partial charge in [0.1, 0.15) is 5.84 Å². The molecular formula is C20H23N3O5S. The molecule has 1 heterocycles. The predicted molar refractivity (Wildman–Crippen MR) is 109 cm³/mol. The van der Waals surface area contributed by atoms with Gasteiger partial charge in [-0.3, -0.25) is 14.5 Å². The molecule has 0 aromatic heterocycles. The summed E-state index contributed by atoms with van der Waals surface area (Å²) in [6, 6.07) is 12.2. The summed E-state index contributed by atoms with van der Waals surface area (Å²) >= 11 is 0. The standard InChI is InChI=1S/C20H23N3O5S/c1-27-16-8-7-14(13-17(16)28-2)9-11-21-19(24)10-12-22-20-15-5-3-4-6-18(15)29(25,26)23-20/h3-8,13H,9-12H2,1-2H3,(H,21,24)(H,22,23). The number of fused-ring (bicyclic) bond motifs is 1. The summed E-state index contributed by atoms with van der Waals surface area (Å²) in [4.78, 5) is 16.5. The lowest BCUT2D eigenvalue weighted by atomic mass is 10.1. The second-order valence-electron chi connectivity index (χ2n) is 6.37. The third-order valence-electron chi connectivity index (χ3n) is 4.46. The fourth-order valence-electron chi connectivity index (χ4n) is 2.99. The molecule has 8 nitrogen and oxygen atoms in total. The van der Waals surface area contributed by atoms with E-state index in [1.165, 1.54) is 6.07 Å². The Bertz CT molecular complexity index is 1030. The Labute approximate surface area is 170 Å². The van der Waals surface area contributed by atoms with Gasteiger partial charge in [0.15, 0.2) is 11.5 Å². The monoisotopic (exact) mass is 417 g/mol. The van der Waals surface area contributed by atoms with Gasteiger partial charge >= 0.3 is 0 Å². The van der Waals surface area contributed by atoms with E-state index >= 15 is 0 Å². The molecule has 0 fully saturated rings. The Morgan fingerprint density at radius 3 is 2.62 bits per heavy atom. The average molecular weight is 417 g/mol. The van der Waals surface area contributed by atoms with E-state index in [-0.39, 0.29) is 29.6 Å². The quantitative estimate of drug-likeness (QED) is 0.677. The van der Waals surface area contributed by atoms with Crippen LogP contribution in [-0.2, 0) is 21.2 Å². The van der Waals surface area contributed by atoms with Crippen molar-refractivity contribution in [3.63, 3.8) is 0 Å². The van der Waals surface area contributed by atoms with Gasteiger partial charge in [0.2, 0.25) is 5.91 Å². The number of aliphatic imine (C=N–C) groups is 1. The van der Waals surface area contributed by atoms with E-state index in [1.807, 2.05) is 18.2 Å². The summed E-state index contributed by atoms with van der Waals surface area (Å²) in [7, 11) is -0.405. The molecule has 0 unspecified atom stereocenters. The van der Waals surface area contributed by atoms with Crippen LogP contribution < -0.4 is 19.5 Å². The Kier molecular flexibility index (Phi) is 6.38. The van der Waals surface area contributed by atoms with Crippen LogP contribution in [0.3, 0.4) is 0 Å². The molecule has 9 heteroatoms. The summed E-state index contributed by atoms with van der Waals surface area (Å²) in [5.74, 6) is 1.43. The minimum absolute atomic E-state index is 0.149. The molecule has 154 valence electrons. The highest BCUT2D eigenvalue weighted by atomic mass is 32.2. The largest absolute Gasteiger partial charge is 0.493 e. The molecule has 1 amide bonds. The van der Waals surface area contributed by atoms with Gasteiger partial charge in [-0.25, -0.2) is 8.42 Å². The Morgan fingerprint density at radius 2 is 1.86 bits per heavy atom. The summed E-state index contributed by atoms with van der Waals surface area (Å²) in [6.45, 7) is 0.661. The van der Waals surface area contributed by atoms with Gasteiger partial charge in [0, 0.05) is 18.5 Å². The van der Waals surface area contributed by atoms with E-state index in [1.54, 1.807) is 32.4 Å². The maximum absolute atomic E-state index is 12.0. The van der Waals surface area contributed by atoms with Crippen molar-refractivity contribution in [2.24, 2.45) is 4.99 Å². The number of nitrogens with zero attached hydrogens (tertiary/aromatic N) is 1. The molecule has 0 bridgehead atoms. The Morgan fingerprint density at radius 1 is 1.10 bits per heavy atom. The van der Waals surface area contributed by atoms with Crippen molar-refractivity contribution >= 4 is 21.8 Å². The average Bonchev–Trinajstić information content (AvgIpc) is 2.98. The van der Waals surface area contributed by atoms with Crippen molar-refractivity contribution < 1.29 is 22.7 Å². The van der Waals surface area contributed by atoms with Crippen LogP contribution in [0.1, 0.15) is 17.5 Å². The number of methoxy groups -OCH3 is 2. The molecule has 3 rings (SSSR count). The molecule has 0 saturated heterocycles. The van der Waals surface area contributed by atoms with Gasteiger partial charge in [-0.1, -0.05) is 18.2 Å². The van der Waals surface area contributed by atoms with E-state index in [2.05, 4.69) is 15.0 Å². The third kappa shape index (κ3) is 4.86. The number of nitrogens with one attached hydrogen (secondary N) is 2. The van der Waals surface area contributed by atoms with Crippen molar-refractivity contribution in [3.8, 4) is 11.5 Å². The van der Waals surface area contributed by atoms with E-state index in [0.717, 1.165) is 5.56 Å². The van der Waals surface area contributed by atoms with Crippen molar-refractivity contribution in [2.75, 3.05) is 27.3 Å². The number of amidine groups is 1. The fourth-order valence-corrected chi connectivity index (χ4v) is 4.24.